The standard InChI is InChI=1S/C10H7FN4O/c11-6-1-2-7-8(5-6)14-15-10(7)13-9(16)3-4-12/h1-2,5H,3H2,(H2,13,14,15,16). The van der Waals surface area contributed by atoms with Gasteiger partial charge in [-0.25, -0.2) is 4.39 Å². The molecule has 5 nitrogen and oxygen atoms in total. The zero-order chi connectivity index (χ0) is 11.5. The summed E-state index contributed by atoms with van der Waals surface area (Å²) in [6.45, 7) is 0. The number of halogens is 1. The maximum Gasteiger partial charge on any atom is 0.239 e. The van der Waals surface area contributed by atoms with Gasteiger partial charge in [0.15, 0.2) is 5.82 Å². The maximum atomic E-state index is 12.9. The largest absolute Gasteiger partial charge is 0.308 e. The molecule has 0 aliphatic rings. The van der Waals surface area contributed by atoms with Gasteiger partial charge in [0.05, 0.1) is 11.6 Å². The molecule has 0 fully saturated rings. The molecule has 16 heavy (non-hydrogen) atoms. The molecule has 0 aliphatic heterocycles. The lowest BCUT2D eigenvalue weighted by atomic mass is 10.2. The smallest absolute Gasteiger partial charge is 0.239 e. The van der Waals surface area contributed by atoms with Crippen molar-refractivity contribution >= 4 is 22.6 Å². The van der Waals surface area contributed by atoms with Crippen molar-refractivity contribution in [2.75, 3.05) is 5.32 Å². The zero-order valence-electron chi connectivity index (χ0n) is 8.12. The summed E-state index contributed by atoms with van der Waals surface area (Å²) < 4.78 is 12.9. The van der Waals surface area contributed by atoms with Crippen LogP contribution < -0.4 is 5.32 Å². The number of nitriles is 1. The van der Waals surface area contributed by atoms with Gasteiger partial charge in [0.25, 0.3) is 0 Å². The number of fused-ring (bicyclic) bond motifs is 1. The number of H-pyrrole nitrogens is 1. The minimum absolute atomic E-state index is 0.241. The van der Waals surface area contributed by atoms with Crippen molar-refractivity contribution in [1.29, 1.82) is 5.26 Å². The second kappa shape index (κ2) is 3.98. The second-order valence-electron chi connectivity index (χ2n) is 3.15. The van der Waals surface area contributed by atoms with Gasteiger partial charge in [0, 0.05) is 5.39 Å². The van der Waals surface area contributed by atoms with Gasteiger partial charge in [0.1, 0.15) is 12.2 Å². The first-order valence-corrected chi connectivity index (χ1v) is 4.51. The van der Waals surface area contributed by atoms with Crippen molar-refractivity contribution in [3.63, 3.8) is 0 Å². The van der Waals surface area contributed by atoms with Crippen LogP contribution in [0.4, 0.5) is 10.2 Å². The van der Waals surface area contributed by atoms with Gasteiger partial charge < -0.3 is 5.32 Å². The molecule has 80 valence electrons. The van der Waals surface area contributed by atoms with E-state index < -0.39 is 5.91 Å². The van der Waals surface area contributed by atoms with E-state index in [4.69, 9.17) is 5.26 Å². The predicted molar refractivity (Wildman–Crippen MR) is 54.9 cm³/mol. The number of anilines is 1. The predicted octanol–water partition coefficient (Wildman–Crippen LogP) is 1.55. The first-order chi connectivity index (χ1) is 7.70. The van der Waals surface area contributed by atoms with Crippen LogP contribution in [0.15, 0.2) is 18.2 Å². The van der Waals surface area contributed by atoms with E-state index in [1.54, 1.807) is 6.07 Å². The van der Waals surface area contributed by atoms with Crippen molar-refractivity contribution < 1.29 is 9.18 Å². The Balaban J connectivity index is 2.33. The molecule has 1 aromatic carbocycles. The number of aromatic amines is 1. The van der Waals surface area contributed by atoms with E-state index in [2.05, 4.69) is 15.5 Å². The molecule has 0 bridgehead atoms. The normalized spacial score (nSPS) is 10.0. The first-order valence-electron chi connectivity index (χ1n) is 4.51. The summed E-state index contributed by atoms with van der Waals surface area (Å²) in [4.78, 5) is 11.2. The highest BCUT2D eigenvalue weighted by Crippen LogP contribution is 2.20. The first kappa shape index (κ1) is 10.1. The average Bonchev–Trinajstić information content (AvgIpc) is 2.61. The molecule has 6 heteroatoms. The molecule has 0 unspecified atom stereocenters. The van der Waals surface area contributed by atoms with Crippen molar-refractivity contribution in [2.24, 2.45) is 0 Å². The van der Waals surface area contributed by atoms with Gasteiger partial charge >= 0.3 is 0 Å². The molecule has 2 N–H and O–H groups in total. The van der Waals surface area contributed by atoms with Gasteiger partial charge in [-0.2, -0.15) is 10.4 Å². The number of rotatable bonds is 2. The highest BCUT2D eigenvalue weighted by Gasteiger charge is 2.09. The minimum atomic E-state index is -0.444. The van der Waals surface area contributed by atoms with Gasteiger partial charge in [-0.05, 0) is 18.2 Å². The number of hydrogen-bond donors (Lipinski definition) is 2. The van der Waals surface area contributed by atoms with Crippen molar-refractivity contribution in [2.45, 2.75) is 6.42 Å². The Morgan fingerprint density at radius 1 is 1.62 bits per heavy atom. The Bertz CT molecular complexity index is 584. The van der Waals surface area contributed by atoms with Crippen LogP contribution in [0, 0.1) is 17.1 Å². The van der Waals surface area contributed by atoms with Crippen molar-refractivity contribution in [3.8, 4) is 6.07 Å². The Hall–Kier alpha value is -2.42. The number of benzene rings is 1. The van der Waals surface area contributed by atoms with E-state index in [-0.39, 0.29) is 12.2 Å². The van der Waals surface area contributed by atoms with Crippen LogP contribution >= 0.6 is 0 Å². The second-order valence-corrected chi connectivity index (χ2v) is 3.15. The lowest BCUT2D eigenvalue weighted by Crippen LogP contribution is -2.10. The fourth-order valence-corrected chi connectivity index (χ4v) is 1.34. The molecule has 1 amide bonds. The number of hydrogen-bond acceptors (Lipinski definition) is 3. The number of aromatic nitrogens is 2. The van der Waals surface area contributed by atoms with Crippen LogP contribution in [0.2, 0.25) is 0 Å². The molecule has 1 aromatic heterocycles. The molecule has 0 saturated heterocycles. The third-order valence-electron chi connectivity index (χ3n) is 2.02. The number of carbonyl (C=O) groups excluding carboxylic acids is 1. The lowest BCUT2D eigenvalue weighted by molar-refractivity contribution is -0.115. The summed E-state index contributed by atoms with van der Waals surface area (Å²) in [5.74, 6) is -0.526. The monoisotopic (exact) mass is 218 g/mol. The fraction of sp³-hybridized carbons (Fsp3) is 0.100. The van der Waals surface area contributed by atoms with E-state index in [9.17, 15) is 9.18 Å². The fourth-order valence-electron chi connectivity index (χ4n) is 1.34. The number of nitrogens with zero attached hydrogens (tertiary/aromatic N) is 2. The van der Waals surface area contributed by atoms with Crippen molar-refractivity contribution in [1.82, 2.24) is 10.2 Å². The van der Waals surface area contributed by atoms with E-state index in [0.717, 1.165) is 0 Å². The zero-order valence-corrected chi connectivity index (χ0v) is 8.12. The topological polar surface area (TPSA) is 81.6 Å². The summed E-state index contributed by atoms with van der Waals surface area (Å²) in [7, 11) is 0. The summed E-state index contributed by atoms with van der Waals surface area (Å²) in [6.07, 6.45) is -0.241. The third kappa shape index (κ3) is 1.83. The van der Waals surface area contributed by atoms with Gasteiger partial charge in [-0.3, -0.25) is 9.89 Å². The summed E-state index contributed by atoms with van der Waals surface area (Å²) in [5, 5.41) is 17.8. The molecule has 0 atom stereocenters. The van der Waals surface area contributed by atoms with E-state index in [0.29, 0.717) is 16.7 Å². The van der Waals surface area contributed by atoms with Crippen LogP contribution in [-0.4, -0.2) is 16.1 Å². The average molecular weight is 218 g/mol. The molecule has 0 spiro atoms. The van der Waals surface area contributed by atoms with Crippen LogP contribution in [0.5, 0.6) is 0 Å². The van der Waals surface area contributed by atoms with Gasteiger partial charge in [0.2, 0.25) is 5.91 Å². The molecule has 0 aliphatic carbocycles. The molecule has 0 saturated carbocycles. The third-order valence-corrected chi connectivity index (χ3v) is 2.02. The summed E-state index contributed by atoms with van der Waals surface area (Å²) >= 11 is 0. The quantitative estimate of drug-likeness (QED) is 0.802. The van der Waals surface area contributed by atoms with E-state index in [1.807, 2.05) is 0 Å². The van der Waals surface area contributed by atoms with Crippen LogP contribution in [0.3, 0.4) is 0 Å². The van der Waals surface area contributed by atoms with Gasteiger partial charge in [-0.1, -0.05) is 0 Å². The molecular weight excluding hydrogens is 211 g/mol. The lowest BCUT2D eigenvalue weighted by Gasteiger charge is -1.97. The van der Waals surface area contributed by atoms with Crippen LogP contribution in [-0.2, 0) is 4.79 Å². The molecule has 1 heterocycles. The molecule has 2 rings (SSSR count). The molecule has 0 radical (unpaired) electrons. The Kier molecular flexibility index (Phi) is 2.52. The van der Waals surface area contributed by atoms with Gasteiger partial charge in [-0.15, -0.1) is 0 Å². The highest BCUT2D eigenvalue weighted by atomic mass is 19.1. The van der Waals surface area contributed by atoms with Crippen molar-refractivity contribution in [3.05, 3.63) is 24.0 Å². The minimum Gasteiger partial charge on any atom is -0.308 e. The number of nitrogens with one attached hydrogen (secondary N) is 2. The summed E-state index contributed by atoms with van der Waals surface area (Å²) in [5.41, 5.74) is 0.493. The molecule has 2 aromatic rings. The Morgan fingerprint density at radius 2 is 2.44 bits per heavy atom. The van der Waals surface area contributed by atoms with Crippen LogP contribution in [0.1, 0.15) is 6.42 Å². The molecular formula is C10H7FN4O. The van der Waals surface area contributed by atoms with E-state index in [1.165, 1.54) is 18.2 Å². The van der Waals surface area contributed by atoms with E-state index >= 15 is 0 Å². The maximum absolute atomic E-state index is 12.9. The number of carbonyl (C=O) groups is 1. The summed E-state index contributed by atoms with van der Waals surface area (Å²) in [6, 6.07) is 5.79. The Labute approximate surface area is 89.9 Å². The Morgan fingerprint density at radius 3 is 3.19 bits per heavy atom. The number of amides is 1. The highest BCUT2D eigenvalue weighted by molar-refractivity contribution is 6.00. The SMILES string of the molecule is N#CCC(=O)Nc1n[nH]c2cc(F)ccc12. The van der Waals surface area contributed by atoms with Crippen LogP contribution in [0.25, 0.3) is 10.9 Å².